The molecule has 2 rings (SSSR count). The van der Waals surface area contributed by atoms with E-state index in [0.29, 0.717) is 11.3 Å². The topological polar surface area (TPSA) is 64.3 Å². The van der Waals surface area contributed by atoms with Crippen LogP contribution >= 0.6 is 0 Å². The summed E-state index contributed by atoms with van der Waals surface area (Å²) in [5.41, 5.74) is 8.54. The molecule has 0 amide bonds. The zero-order valence-corrected chi connectivity index (χ0v) is 11.9. The van der Waals surface area contributed by atoms with E-state index in [-0.39, 0.29) is 0 Å². The average molecular weight is 282 g/mol. The van der Waals surface area contributed by atoms with Crippen LogP contribution in [0.2, 0.25) is 0 Å². The lowest BCUT2D eigenvalue weighted by molar-refractivity contribution is -0.136. The molecule has 0 heterocycles. The van der Waals surface area contributed by atoms with Crippen LogP contribution in [0.5, 0.6) is 0 Å². The van der Waals surface area contributed by atoms with E-state index in [1.54, 1.807) is 6.07 Å². The summed E-state index contributed by atoms with van der Waals surface area (Å²) in [7, 11) is 1.34. The molecule has 2 aromatic rings. The van der Waals surface area contributed by atoms with Gasteiger partial charge in [-0.05, 0) is 17.7 Å². The lowest BCUT2D eigenvalue weighted by atomic mass is 9.99. The molecule has 0 aromatic heterocycles. The molecule has 1 unspecified atom stereocenters. The number of nitrogens with two attached hydrogens (primary N) is 1. The predicted octanol–water partition coefficient (Wildman–Crippen LogP) is 3.15. The second-order valence-corrected chi connectivity index (χ2v) is 4.59. The summed E-state index contributed by atoms with van der Waals surface area (Å²) in [6.07, 6.45) is 0. The van der Waals surface area contributed by atoms with Crippen molar-refractivity contribution in [1.82, 2.24) is 0 Å². The molecule has 0 aliphatic rings. The molecule has 108 valence electrons. The molecule has 0 bridgehead atoms. The first-order chi connectivity index (χ1) is 10.1. The molecule has 1 atom stereocenters. The van der Waals surface area contributed by atoms with Gasteiger partial charge < -0.3 is 15.8 Å². The number of methoxy groups -OCH3 is 1. The molecular weight excluding hydrogens is 264 g/mol. The zero-order chi connectivity index (χ0) is 15.2. The Hall–Kier alpha value is -2.75. The molecule has 0 saturated heterocycles. The standard InChI is InChI=1S/C17H18N2O2/c1-12(17(20)21-2)16(13-8-4-3-5-9-13)19-15-11-7-6-10-14(15)18/h3-11,16,19H,1,18H2,2H3. The number of nitrogens with one attached hydrogen (secondary N) is 1. The quantitative estimate of drug-likeness (QED) is 0.502. The number of rotatable bonds is 5. The Balaban J connectivity index is 2.35. The van der Waals surface area contributed by atoms with Crippen LogP contribution < -0.4 is 11.1 Å². The van der Waals surface area contributed by atoms with Crippen LogP contribution in [0.3, 0.4) is 0 Å². The van der Waals surface area contributed by atoms with Gasteiger partial charge in [-0.1, -0.05) is 49.0 Å². The van der Waals surface area contributed by atoms with Crippen LogP contribution in [0.1, 0.15) is 11.6 Å². The first-order valence-corrected chi connectivity index (χ1v) is 6.56. The van der Waals surface area contributed by atoms with Crippen LogP contribution in [0.25, 0.3) is 0 Å². The van der Waals surface area contributed by atoms with E-state index in [1.165, 1.54) is 7.11 Å². The molecule has 0 spiro atoms. The SMILES string of the molecule is C=C(C(=O)OC)C(Nc1ccccc1N)c1ccccc1. The number of anilines is 2. The van der Waals surface area contributed by atoms with Crippen molar-refractivity contribution in [2.75, 3.05) is 18.2 Å². The minimum absolute atomic E-state index is 0.326. The highest BCUT2D eigenvalue weighted by Crippen LogP contribution is 2.28. The highest BCUT2D eigenvalue weighted by molar-refractivity contribution is 5.90. The molecule has 4 heteroatoms. The normalized spacial score (nSPS) is 11.5. The summed E-state index contributed by atoms with van der Waals surface area (Å²) in [4.78, 5) is 11.8. The van der Waals surface area contributed by atoms with E-state index in [1.807, 2.05) is 48.5 Å². The van der Waals surface area contributed by atoms with Crippen molar-refractivity contribution < 1.29 is 9.53 Å². The van der Waals surface area contributed by atoms with Crippen LogP contribution in [0.15, 0.2) is 66.7 Å². The predicted molar refractivity (Wildman–Crippen MR) is 84.8 cm³/mol. The number of hydrogen-bond donors (Lipinski definition) is 2. The van der Waals surface area contributed by atoms with Gasteiger partial charge >= 0.3 is 5.97 Å². The van der Waals surface area contributed by atoms with Gasteiger partial charge in [0.1, 0.15) is 0 Å². The van der Waals surface area contributed by atoms with E-state index in [0.717, 1.165) is 11.3 Å². The lowest BCUT2D eigenvalue weighted by Gasteiger charge is -2.22. The fraction of sp³-hybridized carbons (Fsp3) is 0.118. The minimum atomic E-state index is -0.453. The molecule has 0 aliphatic carbocycles. The van der Waals surface area contributed by atoms with E-state index in [4.69, 9.17) is 10.5 Å². The maximum Gasteiger partial charge on any atom is 0.335 e. The maximum atomic E-state index is 11.8. The number of esters is 1. The first-order valence-electron chi connectivity index (χ1n) is 6.56. The Kier molecular flexibility index (Phi) is 4.61. The van der Waals surface area contributed by atoms with E-state index in [9.17, 15) is 4.79 Å². The molecule has 21 heavy (non-hydrogen) atoms. The van der Waals surface area contributed by atoms with Crippen molar-refractivity contribution in [1.29, 1.82) is 0 Å². The van der Waals surface area contributed by atoms with Gasteiger partial charge in [-0.25, -0.2) is 4.79 Å². The van der Waals surface area contributed by atoms with Gasteiger partial charge in [0.15, 0.2) is 0 Å². The van der Waals surface area contributed by atoms with Crippen molar-refractivity contribution in [3.05, 3.63) is 72.3 Å². The van der Waals surface area contributed by atoms with Gasteiger partial charge in [0, 0.05) is 0 Å². The van der Waals surface area contributed by atoms with Crippen molar-refractivity contribution in [3.63, 3.8) is 0 Å². The van der Waals surface area contributed by atoms with Crippen molar-refractivity contribution >= 4 is 17.3 Å². The molecule has 0 aliphatic heterocycles. The molecule has 4 nitrogen and oxygen atoms in total. The Morgan fingerprint density at radius 2 is 1.76 bits per heavy atom. The average Bonchev–Trinajstić information content (AvgIpc) is 2.53. The van der Waals surface area contributed by atoms with Crippen LogP contribution in [-0.2, 0) is 9.53 Å². The van der Waals surface area contributed by atoms with Gasteiger partial charge in [-0.2, -0.15) is 0 Å². The third kappa shape index (κ3) is 3.42. The van der Waals surface area contributed by atoms with Crippen molar-refractivity contribution in [2.24, 2.45) is 0 Å². The largest absolute Gasteiger partial charge is 0.466 e. The fourth-order valence-electron chi connectivity index (χ4n) is 2.05. The lowest BCUT2D eigenvalue weighted by Crippen LogP contribution is -2.20. The highest BCUT2D eigenvalue weighted by Gasteiger charge is 2.21. The fourth-order valence-corrected chi connectivity index (χ4v) is 2.05. The summed E-state index contributed by atoms with van der Waals surface area (Å²) in [5.74, 6) is -0.453. The first kappa shape index (κ1) is 14.7. The van der Waals surface area contributed by atoms with Crippen LogP contribution in [-0.4, -0.2) is 13.1 Å². The van der Waals surface area contributed by atoms with Crippen LogP contribution in [0.4, 0.5) is 11.4 Å². The third-order valence-corrected chi connectivity index (χ3v) is 3.19. The summed E-state index contributed by atoms with van der Waals surface area (Å²) >= 11 is 0. The Morgan fingerprint density at radius 1 is 1.14 bits per heavy atom. The van der Waals surface area contributed by atoms with Crippen molar-refractivity contribution in [3.8, 4) is 0 Å². The van der Waals surface area contributed by atoms with Crippen LogP contribution in [0, 0.1) is 0 Å². The monoisotopic (exact) mass is 282 g/mol. The number of ether oxygens (including phenoxy) is 1. The molecule has 2 aromatic carbocycles. The van der Waals surface area contributed by atoms with E-state index in [2.05, 4.69) is 11.9 Å². The molecule has 0 radical (unpaired) electrons. The smallest absolute Gasteiger partial charge is 0.335 e. The highest BCUT2D eigenvalue weighted by atomic mass is 16.5. The molecule has 0 fully saturated rings. The second-order valence-electron chi connectivity index (χ2n) is 4.59. The second kappa shape index (κ2) is 6.61. The minimum Gasteiger partial charge on any atom is -0.466 e. The third-order valence-electron chi connectivity index (χ3n) is 3.19. The zero-order valence-electron chi connectivity index (χ0n) is 11.9. The van der Waals surface area contributed by atoms with Gasteiger partial charge in [0.2, 0.25) is 0 Å². The summed E-state index contributed by atoms with van der Waals surface area (Å²) in [6, 6.07) is 16.6. The Morgan fingerprint density at radius 3 is 2.38 bits per heavy atom. The summed E-state index contributed by atoms with van der Waals surface area (Å²) < 4.78 is 4.77. The van der Waals surface area contributed by atoms with Gasteiger partial charge in [0.05, 0.1) is 30.1 Å². The Labute approximate surface area is 124 Å². The number of hydrogen-bond acceptors (Lipinski definition) is 4. The molecular formula is C17H18N2O2. The Bertz CT molecular complexity index is 638. The molecule has 0 saturated carbocycles. The van der Waals surface area contributed by atoms with Gasteiger partial charge in [0.25, 0.3) is 0 Å². The van der Waals surface area contributed by atoms with E-state index < -0.39 is 12.0 Å². The number of benzene rings is 2. The maximum absolute atomic E-state index is 11.8. The van der Waals surface area contributed by atoms with Gasteiger partial charge in [-0.15, -0.1) is 0 Å². The molecule has 3 N–H and O–H groups in total. The number of carbonyl (C=O) groups is 1. The van der Waals surface area contributed by atoms with Gasteiger partial charge in [-0.3, -0.25) is 0 Å². The summed E-state index contributed by atoms with van der Waals surface area (Å²) in [6.45, 7) is 3.85. The number of nitrogen functional groups attached to an aromatic ring is 1. The van der Waals surface area contributed by atoms with Crippen molar-refractivity contribution in [2.45, 2.75) is 6.04 Å². The summed E-state index contributed by atoms with van der Waals surface area (Å²) in [5, 5.41) is 3.25. The number of para-hydroxylation sites is 2. The van der Waals surface area contributed by atoms with E-state index >= 15 is 0 Å². The number of carbonyl (C=O) groups excluding carboxylic acids is 1.